The molecule has 0 atom stereocenters. The monoisotopic (exact) mass is 453 g/mol. The highest BCUT2D eigenvalue weighted by Gasteiger charge is 2.19. The first kappa shape index (κ1) is 22.4. The third-order valence-corrected chi connectivity index (χ3v) is 4.58. The molecule has 9 nitrogen and oxygen atoms in total. The molecule has 0 saturated heterocycles. The van der Waals surface area contributed by atoms with Gasteiger partial charge in [0.25, 0.3) is 11.6 Å². The molecule has 1 N–H and O–H groups in total. The van der Waals surface area contributed by atoms with Crippen molar-refractivity contribution >= 4 is 35.0 Å². The molecule has 0 unspecified atom stereocenters. The van der Waals surface area contributed by atoms with Crippen LogP contribution in [0.15, 0.2) is 58.5 Å². The molecule has 0 fully saturated rings. The zero-order valence-corrected chi connectivity index (χ0v) is 17.7. The van der Waals surface area contributed by atoms with E-state index in [9.17, 15) is 20.2 Å². The van der Waals surface area contributed by atoms with Crippen molar-refractivity contribution in [1.29, 1.82) is 5.26 Å². The van der Waals surface area contributed by atoms with Gasteiger partial charge in [0.1, 0.15) is 23.2 Å². The summed E-state index contributed by atoms with van der Waals surface area (Å²) >= 11 is 5.84. The van der Waals surface area contributed by atoms with Gasteiger partial charge in [-0.25, -0.2) is 0 Å². The molecule has 0 aliphatic carbocycles. The second kappa shape index (κ2) is 9.68. The van der Waals surface area contributed by atoms with Gasteiger partial charge in [0.2, 0.25) is 0 Å². The number of nitro groups is 1. The Bertz CT molecular complexity index is 1260. The summed E-state index contributed by atoms with van der Waals surface area (Å²) in [6, 6.07) is 13.7. The van der Waals surface area contributed by atoms with E-state index in [-0.39, 0.29) is 33.4 Å². The summed E-state index contributed by atoms with van der Waals surface area (Å²) in [7, 11) is 2.95. The van der Waals surface area contributed by atoms with Crippen molar-refractivity contribution in [1.82, 2.24) is 0 Å². The van der Waals surface area contributed by atoms with Crippen LogP contribution in [-0.2, 0) is 4.79 Å². The lowest BCUT2D eigenvalue weighted by molar-refractivity contribution is -0.384. The van der Waals surface area contributed by atoms with Crippen molar-refractivity contribution < 1.29 is 23.6 Å². The van der Waals surface area contributed by atoms with E-state index < -0.39 is 10.8 Å². The third kappa shape index (κ3) is 4.88. The SMILES string of the molecule is COc1ccc(NC(=O)/C(C#N)=C/c2ccc(-c3ccc(Cl)cc3[N+](=O)[O-])o2)cc1OC. The van der Waals surface area contributed by atoms with Gasteiger partial charge in [-0.15, -0.1) is 0 Å². The van der Waals surface area contributed by atoms with E-state index in [0.29, 0.717) is 17.2 Å². The number of hydrogen-bond donors (Lipinski definition) is 1. The molecule has 1 heterocycles. The Balaban J connectivity index is 1.85. The van der Waals surface area contributed by atoms with E-state index >= 15 is 0 Å². The molecule has 0 bridgehead atoms. The molecule has 0 aliphatic rings. The number of nitriles is 1. The predicted molar refractivity (Wildman–Crippen MR) is 118 cm³/mol. The van der Waals surface area contributed by atoms with Gasteiger partial charge in [0.05, 0.1) is 24.7 Å². The molecule has 1 amide bonds. The van der Waals surface area contributed by atoms with E-state index in [0.717, 1.165) is 0 Å². The molecule has 10 heteroatoms. The number of ether oxygens (including phenoxy) is 2. The summed E-state index contributed by atoms with van der Waals surface area (Å²) < 4.78 is 15.9. The molecular weight excluding hydrogens is 438 g/mol. The quantitative estimate of drug-likeness (QED) is 0.229. The number of nitrogens with zero attached hydrogens (tertiary/aromatic N) is 2. The number of hydrogen-bond acceptors (Lipinski definition) is 7. The Morgan fingerprint density at radius 3 is 2.56 bits per heavy atom. The fourth-order valence-corrected chi connectivity index (χ4v) is 3.01. The normalized spacial score (nSPS) is 10.9. The number of nitro benzene ring substituents is 1. The van der Waals surface area contributed by atoms with Crippen LogP contribution in [0, 0.1) is 21.4 Å². The molecule has 2 aromatic carbocycles. The summed E-state index contributed by atoms with van der Waals surface area (Å²) in [6.07, 6.45) is 1.24. The van der Waals surface area contributed by atoms with Crippen LogP contribution < -0.4 is 14.8 Å². The zero-order valence-electron chi connectivity index (χ0n) is 16.9. The lowest BCUT2D eigenvalue weighted by atomic mass is 10.1. The van der Waals surface area contributed by atoms with Crippen molar-refractivity contribution in [3.8, 4) is 28.9 Å². The smallest absolute Gasteiger partial charge is 0.281 e. The number of benzene rings is 2. The van der Waals surface area contributed by atoms with E-state index in [1.54, 1.807) is 18.2 Å². The van der Waals surface area contributed by atoms with Crippen molar-refractivity contribution in [2.45, 2.75) is 0 Å². The average Bonchev–Trinajstić information content (AvgIpc) is 3.25. The second-order valence-electron chi connectivity index (χ2n) is 6.31. The molecule has 0 radical (unpaired) electrons. The largest absolute Gasteiger partial charge is 0.493 e. The van der Waals surface area contributed by atoms with Gasteiger partial charge in [-0.2, -0.15) is 5.26 Å². The third-order valence-electron chi connectivity index (χ3n) is 4.34. The Morgan fingerprint density at radius 1 is 1.16 bits per heavy atom. The van der Waals surface area contributed by atoms with Crippen LogP contribution >= 0.6 is 11.6 Å². The summed E-state index contributed by atoms with van der Waals surface area (Å²) in [5.41, 5.74) is 0.151. The van der Waals surface area contributed by atoms with Gasteiger partial charge < -0.3 is 19.2 Å². The Kier molecular flexibility index (Phi) is 6.77. The first-order valence-corrected chi connectivity index (χ1v) is 9.43. The Morgan fingerprint density at radius 2 is 1.91 bits per heavy atom. The van der Waals surface area contributed by atoms with Crippen LogP contribution in [0.1, 0.15) is 5.76 Å². The molecule has 162 valence electrons. The first-order chi connectivity index (χ1) is 15.4. The van der Waals surface area contributed by atoms with Crippen LogP contribution in [-0.4, -0.2) is 25.1 Å². The maximum atomic E-state index is 12.5. The summed E-state index contributed by atoms with van der Waals surface area (Å²) in [5, 5.41) is 23.5. The second-order valence-corrected chi connectivity index (χ2v) is 6.75. The Hall–Kier alpha value is -4.29. The highest BCUT2D eigenvalue weighted by atomic mass is 35.5. The molecule has 3 aromatic rings. The van der Waals surface area contributed by atoms with Crippen molar-refractivity contribution in [2.75, 3.05) is 19.5 Å². The minimum absolute atomic E-state index is 0.170. The van der Waals surface area contributed by atoms with Gasteiger partial charge in [-0.3, -0.25) is 14.9 Å². The number of carbonyl (C=O) groups is 1. The average molecular weight is 454 g/mol. The summed E-state index contributed by atoms with van der Waals surface area (Å²) in [6.45, 7) is 0. The number of rotatable bonds is 7. The number of nitrogens with one attached hydrogen (secondary N) is 1. The van der Waals surface area contributed by atoms with Gasteiger partial charge in [0, 0.05) is 28.9 Å². The fraction of sp³-hybridized carbons (Fsp3) is 0.0909. The first-order valence-electron chi connectivity index (χ1n) is 9.05. The van der Waals surface area contributed by atoms with E-state index in [1.807, 2.05) is 6.07 Å². The molecule has 0 saturated carbocycles. The molecule has 3 rings (SSSR count). The van der Waals surface area contributed by atoms with Crippen LogP contribution in [0.25, 0.3) is 17.4 Å². The summed E-state index contributed by atoms with van der Waals surface area (Å²) in [5.74, 6) is 0.588. The standard InChI is InChI=1S/C22H16ClN3O6/c1-30-20-7-4-15(11-21(20)31-2)25-22(27)13(12-24)9-16-5-8-19(32-16)17-6-3-14(23)10-18(17)26(28)29/h3-11H,1-2H3,(H,25,27)/b13-9+. The van der Waals surface area contributed by atoms with Crippen LogP contribution in [0.5, 0.6) is 11.5 Å². The van der Waals surface area contributed by atoms with Crippen molar-refractivity contribution in [2.24, 2.45) is 0 Å². The van der Waals surface area contributed by atoms with E-state index in [4.69, 9.17) is 25.5 Å². The summed E-state index contributed by atoms with van der Waals surface area (Å²) in [4.78, 5) is 23.3. The molecular formula is C22H16ClN3O6. The van der Waals surface area contributed by atoms with Crippen LogP contribution in [0.4, 0.5) is 11.4 Å². The van der Waals surface area contributed by atoms with Gasteiger partial charge in [-0.1, -0.05) is 11.6 Å². The molecule has 0 spiro atoms. The van der Waals surface area contributed by atoms with Crippen molar-refractivity contribution in [3.63, 3.8) is 0 Å². The maximum absolute atomic E-state index is 12.5. The molecule has 1 aromatic heterocycles. The number of halogens is 1. The number of carbonyl (C=O) groups excluding carboxylic acids is 1. The number of anilines is 1. The van der Waals surface area contributed by atoms with Gasteiger partial charge >= 0.3 is 0 Å². The van der Waals surface area contributed by atoms with Crippen LogP contribution in [0.2, 0.25) is 5.02 Å². The fourth-order valence-electron chi connectivity index (χ4n) is 2.84. The number of furan rings is 1. The van der Waals surface area contributed by atoms with Crippen molar-refractivity contribution in [3.05, 3.63) is 75.0 Å². The van der Waals surface area contributed by atoms with E-state index in [1.165, 1.54) is 50.6 Å². The highest BCUT2D eigenvalue weighted by molar-refractivity contribution is 6.30. The highest BCUT2D eigenvalue weighted by Crippen LogP contribution is 2.34. The van der Waals surface area contributed by atoms with Gasteiger partial charge in [0.15, 0.2) is 11.5 Å². The lowest BCUT2D eigenvalue weighted by Crippen LogP contribution is -2.13. The molecule has 32 heavy (non-hydrogen) atoms. The van der Waals surface area contributed by atoms with E-state index in [2.05, 4.69) is 5.32 Å². The minimum atomic E-state index is -0.671. The minimum Gasteiger partial charge on any atom is -0.493 e. The topological polar surface area (TPSA) is 128 Å². The molecule has 0 aliphatic heterocycles. The number of amides is 1. The Labute approximate surface area is 187 Å². The van der Waals surface area contributed by atoms with Crippen LogP contribution in [0.3, 0.4) is 0 Å². The maximum Gasteiger partial charge on any atom is 0.281 e. The number of methoxy groups -OCH3 is 2. The zero-order chi connectivity index (χ0) is 23.3. The lowest BCUT2D eigenvalue weighted by Gasteiger charge is -2.10. The van der Waals surface area contributed by atoms with Gasteiger partial charge in [-0.05, 0) is 36.4 Å². The predicted octanol–water partition coefficient (Wildman–Crippen LogP) is 5.07.